The van der Waals surface area contributed by atoms with Gasteiger partial charge in [0.05, 0.1) is 5.71 Å². The molecule has 1 aromatic rings. The first kappa shape index (κ1) is 26.8. The van der Waals surface area contributed by atoms with E-state index >= 15 is 0 Å². The van der Waals surface area contributed by atoms with Crippen LogP contribution < -0.4 is 5.32 Å². The smallest absolute Gasteiger partial charge is 0.260 e. The van der Waals surface area contributed by atoms with E-state index in [9.17, 15) is 19.8 Å². The highest BCUT2D eigenvalue weighted by atomic mass is 16.6. The van der Waals surface area contributed by atoms with E-state index in [2.05, 4.69) is 30.4 Å². The van der Waals surface area contributed by atoms with E-state index in [1.54, 1.807) is 13.0 Å². The summed E-state index contributed by atoms with van der Waals surface area (Å²) in [6.07, 6.45) is 11.6. The first-order chi connectivity index (χ1) is 18.1. The molecular weight excluding hydrogens is 480 g/mol. The molecule has 0 heterocycles. The van der Waals surface area contributed by atoms with E-state index < -0.39 is 0 Å². The van der Waals surface area contributed by atoms with Crippen molar-refractivity contribution in [2.75, 3.05) is 13.2 Å². The van der Waals surface area contributed by atoms with Gasteiger partial charge in [0, 0.05) is 12.5 Å². The van der Waals surface area contributed by atoms with Crippen molar-refractivity contribution in [1.82, 2.24) is 5.32 Å². The highest BCUT2D eigenvalue weighted by molar-refractivity contribution is 5.96. The van der Waals surface area contributed by atoms with Crippen molar-refractivity contribution in [3.63, 3.8) is 0 Å². The molecule has 1 amide bonds. The molecule has 3 fully saturated rings. The van der Waals surface area contributed by atoms with Crippen LogP contribution in [0.2, 0.25) is 0 Å². The third kappa shape index (κ3) is 4.85. The van der Waals surface area contributed by atoms with Gasteiger partial charge in [0.25, 0.3) is 5.91 Å². The zero-order chi connectivity index (χ0) is 27.1. The van der Waals surface area contributed by atoms with Gasteiger partial charge in [0.1, 0.15) is 5.78 Å². The monoisotopic (exact) mass is 522 g/mol. The number of Topliss-reactive ketones (excluding diaryl/α,β-unsaturated/α-hetero) is 1. The summed E-state index contributed by atoms with van der Waals surface area (Å²) in [5.74, 6) is 2.14. The molecule has 4 aliphatic rings. The Morgan fingerprint density at radius 2 is 1.87 bits per heavy atom. The largest absolute Gasteiger partial charge is 0.504 e. The average Bonchev–Trinajstić information content (AvgIpc) is 3.24. The van der Waals surface area contributed by atoms with Crippen molar-refractivity contribution >= 4 is 17.4 Å². The number of oxime groups is 1. The van der Waals surface area contributed by atoms with Crippen LogP contribution in [0.5, 0.6) is 11.5 Å². The lowest BCUT2D eigenvalue weighted by atomic mass is 9.46. The molecule has 1 aromatic carbocycles. The van der Waals surface area contributed by atoms with Gasteiger partial charge in [-0.2, -0.15) is 0 Å². The van der Waals surface area contributed by atoms with Gasteiger partial charge >= 0.3 is 0 Å². The van der Waals surface area contributed by atoms with E-state index in [4.69, 9.17) is 4.84 Å². The standard InChI is InChI=1S/C31H42N2O5/c1-19(34)24-7-8-25-23-6-5-21-17-22(10-13-30(21,2)26(23)11-14-31(24,25)3)33-38-18-29(37)32-15-12-20-4-9-27(35)28(36)16-20/h4,9,16-17,23-26,35-36H,5-8,10-15,18H2,1-3H3,(H,32,37)/b33-22+/t23-,24+,25-,26-,30-,31+/m0/s1. The molecule has 206 valence electrons. The van der Waals surface area contributed by atoms with Crippen LogP contribution in [-0.4, -0.2) is 40.8 Å². The lowest BCUT2D eigenvalue weighted by Crippen LogP contribution is -2.51. The van der Waals surface area contributed by atoms with Crippen LogP contribution in [0.1, 0.15) is 77.7 Å². The number of benzene rings is 1. The maximum Gasteiger partial charge on any atom is 0.260 e. The number of hydrogen-bond donors (Lipinski definition) is 3. The number of rotatable bonds is 7. The number of hydrogen-bond acceptors (Lipinski definition) is 6. The molecule has 3 saturated carbocycles. The summed E-state index contributed by atoms with van der Waals surface area (Å²) in [6, 6.07) is 4.64. The van der Waals surface area contributed by atoms with Crippen LogP contribution in [0.3, 0.4) is 0 Å². The van der Waals surface area contributed by atoms with Crippen LogP contribution in [0.15, 0.2) is 35.0 Å². The number of fused-ring (bicyclic) bond motifs is 5. The predicted molar refractivity (Wildman–Crippen MR) is 146 cm³/mol. The zero-order valence-corrected chi connectivity index (χ0v) is 23.0. The molecule has 7 nitrogen and oxygen atoms in total. The summed E-state index contributed by atoms with van der Waals surface area (Å²) in [5.41, 5.74) is 3.60. The van der Waals surface area contributed by atoms with E-state index in [1.807, 2.05) is 0 Å². The number of phenolic OH excluding ortho intramolecular Hbond substituents is 2. The Kier molecular flexibility index (Phi) is 7.31. The molecular formula is C31H42N2O5. The molecule has 0 aliphatic heterocycles. The quantitative estimate of drug-likeness (QED) is 0.333. The van der Waals surface area contributed by atoms with Gasteiger partial charge in [-0.25, -0.2) is 0 Å². The highest BCUT2D eigenvalue weighted by Crippen LogP contribution is 2.66. The molecule has 7 heteroatoms. The topological polar surface area (TPSA) is 108 Å². The summed E-state index contributed by atoms with van der Waals surface area (Å²) in [4.78, 5) is 30.0. The van der Waals surface area contributed by atoms with Gasteiger partial charge in [0.15, 0.2) is 18.1 Å². The third-order valence-corrected chi connectivity index (χ3v) is 10.6. The van der Waals surface area contributed by atoms with Gasteiger partial charge < -0.3 is 20.4 Å². The number of ketones is 1. The maximum absolute atomic E-state index is 12.4. The fraction of sp³-hybridized carbons (Fsp3) is 0.645. The molecule has 0 radical (unpaired) electrons. The van der Waals surface area contributed by atoms with E-state index in [0.29, 0.717) is 36.5 Å². The Morgan fingerprint density at radius 3 is 2.63 bits per heavy atom. The molecule has 0 aromatic heterocycles. The molecule has 0 unspecified atom stereocenters. The van der Waals surface area contributed by atoms with Crippen LogP contribution >= 0.6 is 0 Å². The van der Waals surface area contributed by atoms with Crippen LogP contribution in [0, 0.1) is 34.5 Å². The van der Waals surface area contributed by atoms with Crippen LogP contribution in [0.25, 0.3) is 0 Å². The second-order valence-corrected chi connectivity index (χ2v) is 12.6. The number of amides is 1. The Balaban J connectivity index is 1.14. The number of nitrogens with one attached hydrogen (secondary N) is 1. The molecule has 0 spiro atoms. The van der Waals surface area contributed by atoms with E-state index in [1.165, 1.54) is 43.4 Å². The SMILES string of the molecule is CC(=O)[C@H]1CC[C@H]2[C@@H]3CCC4=C/C(=N/OCC(=O)NCCc5ccc(O)c(O)c5)CC[C@]4(C)[C@H]3CC[C@]12C. The third-order valence-electron chi connectivity index (χ3n) is 10.6. The second-order valence-electron chi connectivity index (χ2n) is 12.6. The van der Waals surface area contributed by atoms with Crippen molar-refractivity contribution in [2.24, 2.45) is 39.7 Å². The lowest BCUT2D eigenvalue weighted by molar-refractivity contribution is -0.128. The molecule has 5 rings (SSSR count). The number of aromatic hydroxyl groups is 2. The van der Waals surface area contributed by atoms with Gasteiger partial charge in [0.2, 0.25) is 0 Å². The maximum atomic E-state index is 12.4. The first-order valence-electron chi connectivity index (χ1n) is 14.3. The fourth-order valence-electron chi connectivity index (χ4n) is 8.61. The summed E-state index contributed by atoms with van der Waals surface area (Å²) >= 11 is 0. The number of carbonyl (C=O) groups excluding carboxylic acids is 2. The Labute approximate surface area is 225 Å². The molecule has 0 saturated heterocycles. The fourth-order valence-corrected chi connectivity index (χ4v) is 8.61. The second kappa shape index (κ2) is 10.4. The summed E-state index contributed by atoms with van der Waals surface area (Å²) < 4.78 is 0. The van der Waals surface area contributed by atoms with Gasteiger partial charge in [-0.1, -0.05) is 30.6 Å². The van der Waals surface area contributed by atoms with Gasteiger partial charge in [-0.05, 0) is 117 Å². The Hall–Kier alpha value is -2.83. The summed E-state index contributed by atoms with van der Waals surface area (Å²) in [6.45, 7) is 6.92. The normalized spacial score (nSPS) is 35.0. The van der Waals surface area contributed by atoms with Crippen molar-refractivity contribution in [2.45, 2.75) is 78.6 Å². The lowest BCUT2D eigenvalue weighted by Gasteiger charge is -2.58. The van der Waals surface area contributed by atoms with Crippen molar-refractivity contribution in [3.8, 4) is 11.5 Å². The minimum absolute atomic E-state index is 0.132. The minimum atomic E-state index is -0.239. The van der Waals surface area contributed by atoms with Crippen LogP contribution in [0.4, 0.5) is 0 Å². The van der Waals surface area contributed by atoms with Crippen molar-refractivity contribution in [3.05, 3.63) is 35.4 Å². The van der Waals surface area contributed by atoms with E-state index in [-0.39, 0.29) is 40.8 Å². The minimum Gasteiger partial charge on any atom is -0.504 e. The highest BCUT2D eigenvalue weighted by Gasteiger charge is 2.59. The number of nitrogens with zero attached hydrogens (tertiary/aromatic N) is 1. The number of carbonyl (C=O) groups is 2. The summed E-state index contributed by atoms with van der Waals surface area (Å²) in [7, 11) is 0. The molecule has 4 aliphatic carbocycles. The molecule has 6 atom stereocenters. The molecule has 3 N–H and O–H groups in total. The van der Waals surface area contributed by atoms with Gasteiger partial charge in [-0.3, -0.25) is 9.59 Å². The Bertz CT molecular complexity index is 1160. The first-order valence-corrected chi connectivity index (χ1v) is 14.3. The zero-order valence-electron chi connectivity index (χ0n) is 23.0. The predicted octanol–water partition coefficient (Wildman–Crippen LogP) is 5.30. The van der Waals surface area contributed by atoms with Crippen molar-refractivity contribution < 1.29 is 24.6 Å². The average molecular weight is 523 g/mol. The number of phenols is 2. The molecule has 0 bridgehead atoms. The summed E-state index contributed by atoms with van der Waals surface area (Å²) in [5, 5.41) is 26.1. The van der Waals surface area contributed by atoms with Gasteiger partial charge in [-0.15, -0.1) is 0 Å². The Morgan fingerprint density at radius 1 is 1.05 bits per heavy atom. The van der Waals surface area contributed by atoms with Crippen LogP contribution in [-0.2, 0) is 20.8 Å². The molecule has 38 heavy (non-hydrogen) atoms. The number of allylic oxidation sites excluding steroid dienone is 2. The van der Waals surface area contributed by atoms with Crippen molar-refractivity contribution in [1.29, 1.82) is 0 Å². The van der Waals surface area contributed by atoms with E-state index in [0.717, 1.165) is 37.0 Å².